The largest absolute Gasteiger partial charge is 0.487 e. The van der Waals surface area contributed by atoms with Gasteiger partial charge in [-0.15, -0.1) is 0 Å². The molecule has 2 aliphatic carbocycles. The fraction of sp³-hybridized carbons (Fsp3) is 0.583. The number of carbonyl (C=O) groups excluding carboxylic acids is 1. The molecule has 1 aromatic heterocycles. The van der Waals surface area contributed by atoms with Crippen LogP contribution in [0.4, 0.5) is 29.3 Å². The first kappa shape index (κ1) is 22.6. The molecule has 2 saturated heterocycles. The maximum Gasteiger partial charge on any atom is 0.396 e. The van der Waals surface area contributed by atoms with Crippen LogP contribution in [0.2, 0.25) is 0 Å². The molecule has 11 heteroatoms. The van der Waals surface area contributed by atoms with E-state index in [9.17, 15) is 22.4 Å². The topological polar surface area (TPSA) is 76.8 Å². The van der Waals surface area contributed by atoms with E-state index in [1.807, 2.05) is 0 Å². The minimum Gasteiger partial charge on any atom is -0.487 e. The van der Waals surface area contributed by atoms with Gasteiger partial charge in [0.15, 0.2) is 17.3 Å². The van der Waals surface area contributed by atoms with Crippen molar-refractivity contribution in [3.05, 3.63) is 35.5 Å². The highest BCUT2D eigenvalue weighted by Gasteiger charge is 2.47. The van der Waals surface area contributed by atoms with Crippen molar-refractivity contribution in [3.63, 3.8) is 0 Å². The summed E-state index contributed by atoms with van der Waals surface area (Å²) >= 11 is 0. The average molecular weight is 495 g/mol. The Morgan fingerprint density at radius 3 is 2.69 bits per heavy atom. The van der Waals surface area contributed by atoms with Gasteiger partial charge in [0.2, 0.25) is 0 Å². The van der Waals surface area contributed by atoms with Gasteiger partial charge in [0, 0.05) is 37.4 Å². The zero-order chi connectivity index (χ0) is 24.3. The highest BCUT2D eigenvalue weighted by Crippen LogP contribution is 2.52. The number of anilines is 2. The molecule has 1 N–H and O–H groups in total. The Bertz CT molecular complexity index is 1110. The van der Waals surface area contributed by atoms with Crippen LogP contribution in [-0.4, -0.2) is 49.0 Å². The third kappa shape index (κ3) is 4.70. The lowest BCUT2D eigenvalue weighted by Crippen LogP contribution is -2.23. The van der Waals surface area contributed by atoms with Gasteiger partial charge in [0.1, 0.15) is 12.2 Å². The molecule has 1 aromatic carbocycles. The Hall–Kier alpha value is -2.82. The molecule has 4 fully saturated rings. The molecule has 2 saturated carbocycles. The van der Waals surface area contributed by atoms with Crippen molar-refractivity contribution >= 4 is 17.6 Å². The SMILES string of the molecule is O=C(Nc1ccc(OC2CC3C[C@@H]3C2)c(F)c1)c1nc(N2CC3CCOC3C2)oc1CC(F)(F)F. The van der Waals surface area contributed by atoms with Gasteiger partial charge in [0.05, 0.1) is 12.2 Å². The van der Waals surface area contributed by atoms with Crippen molar-refractivity contribution in [1.29, 1.82) is 0 Å². The molecular formula is C24H25F4N3O4. The molecule has 188 valence electrons. The van der Waals surface area contributed by atoms with E-state index in [1.54, 1.807) is 4.90 Å². The second-order valence-corrected chi connectivity index (χ2v) is 9.99. The molecule has 4 unspecified atom stereocenters. The third-order valence-electron chi connectivity index (χ3n) is 7.42. The first-order chi connectivity index (χ1) is 16.7. The summed E-state index contributed by atoms with van der Waals surface area (Å²) in [5, 5.41) is 2.44. The number of ether oxygens (including phenoxy) is 2. The summed E-state index contributed by atoms with van der Waals surface area (Å²) in [5.74, 6) is -0.410. The summed E-state index contributed by atoms with van der Waals surface area (Å²) in [5.41, 5.74) is -0.387. The summed E-state index contributed by atoms with van der Waals surface area (Å²) in [6.07, 6.45) is -2.15. The number of aromatic nitrogens is 1. The standard InChI is InChI=1S/C24H25F4N3O4/c25-17-8-15(1-2-18(17)34-16-6-13-5-14(13)7-16)29-22(32)21-19(9-24(26,27)28)35-23(30-21)31-10-12-3-4-33-20(12)11-31/h1-2,8,12-14,16,20H,3-7,9-11H2,(H,29,32)/t12?,13-,14?,16?,20?/m1/s1. The molecule has 4 aliphatic rings. The molecule has 0 radical (unpaired) electrons. The van der Waals surface area contributed by atoms with E-state index in [0.717, 1.165) is 25.3 Å². The highest BCUT2D eigenvalue weighted by molar-refractivity contribution is 6.03. The normalized spacial score (nSPS) is 29.3. The van der Waals surface area contributed by atoms with Gasteiger partial charge in [0.25, 0.3) is 11.9 Å². The van der Waals surface area contributed by atoms with Crippen molar-refractivity contribution in [1.82, 2.24) is 4.98 Å². The van der Waals surface area contributed by atoms with E-state index in [0.29, 0.717) is 31.5 Å². The molecule has 0 bridgehead atoms. The second-order valence-electron chi connectivity index (χ2n) is 9.99. The predicted octanol–water partition coefficient (Wildman–Crippen LogP) is 4.57. The molecule has 3 heterocycles. The molecule has 6 rings (SSSR count). The van der Waals surface area contributed by atoms with Gasteiger partial charge in [-0.05, 0) is 49.7 Å². The van der Waals surface area contributed by atoms with Crippen LogP contribution in [0.25, 0.3) is 0 Å². The zero-order valence-electron chi connectivity index (χ0n) is 18.8. The van der Waals surface area contributed by atoms with E-state index in [4.69, 9.17) is 13.9 Å². The Morgan fingerprint density at radius 1 is 1.17 bits per heavy atom. The molecule has 0 spiro atoms. The zero-order valence-corrected chi connectivity index (χ0v) is 18.8. The molecule has 35 heavy (non-hydrogen) atoms. The van der Waals surface area contributed by atoms with E-state index in [1.165, 1.54) is 18.6 Å². The number of oxazole rings is 1. The molecular weight excluding hydrogens is 470 g/mol. The van der Waals surface area contributed by atoms with Crippen molar-refractivity contribution in [2.75, 3.05) is 29.9 Å². The number of amides is 1. The number of benzene rings is 1. The summed E-state index contributed by atoms with van der Waals surface area (Å²) < 4.78 is 70.9. The fourth-order valence-electron chi connectivity index (χ4n) is 5.59. The molecule has 2 aliphatic heterocycles. The number of fused-ring (bicyclic) bond motifs is 2. The quantitative estimate of drug-likeness (QED) is 0.592. The maximum atomic E-state index is 14.6. The van der Waals surface area contributed by atoms with Crippen molar-refractivity contribution < 1.29 is 36.2 Å². The summed E-state index contributed by atoms with van der Waals surface area (Å²) in [6, 6.07) is 3.92. The van der Waals surface area contributed by atoms with E-state index in [2.05, 4.69) is 10.3 Å². The molecule has 5 atom stereocenters. The van der Waals surface area contributed by atoms with E-state index in [-0.39, 0.29) is 35.6 Å². The lowest BCUT2D eigenvalue weighted by atomic mass is 10.1. The van der Waals surface area contributed by atoms with Crippen LogP contribution in [-0.2, 0) is 11.2 Å². The van der Waals surface area contributed by atoms with Crippen LogP contribution in [0.5, 0.6) is 5.75 Å². The number of alkyl halides is 3. The summed E-state index contributed by atoms with van der Waals surface area (Å²) in [7, 11) is 0. The van der Waals surface area contributed by atoms with Crippen molar-refractivity contribution in [2.45, 2.75) is 50.5 Å². The third-order valence-corrected chi connectivity index (χ3v) is 7.42. The Balaban J connectivity index is 1.17. The van der Waals surface area contributed by atoms with Crippen molar-refractivity contribution in [3.8, 4) is 5.75 Å². The lowest BCUT2D eigenvalue weighted by Gasteiger charge is -2.16. The van der Waals surface area contributed by atoms with Gasteiger partial charge in [-0.25, -0.2) is 4.39 Å². The van der Waals surface area contributed by atoms with E-state index < -0.39 is 35.8 Å². The predicted molar refractivity (Wildman–Crippen MR) is 116 cm³/mol. The van der Waals surface area contributed by atoms with Crippen molar-refractivity contribution in [2.24, 2.45) is 17.8 Å². The van der Waals surface area contributed by atoms with Crippen LogP contribution in [0.15, 0.2) is 22.6 Å². The minimum atomic E-state index is -4.59. The summed E-state index contributed by atoms with van der Waals surface area (Å²) in [4.78, 5) is 18.7. The number of halogens is 4. The monoisotopic (exact) mass is 495 g/mol. The Labute approximate surface area is 198 Å². The average Bonchev–Trinajstić information content (AvgIpc) is 3.22. The Morgan fingerprint density at radius 2 is 1.97 bits per heavy atom. The van der Waals surface area contributed by atoms with Gasteiger partial charge in [-0.1, -0.05) is 0 Å². The summed E-state index contributed by atoms with van der Waals surface area (Å²) in [6.45, 7) is 1.63. The minimum absolute atomic E-state index is 0.0114. The van der Waals surface area contributed by atoms with Gasteiger partial charge in [-0.2, -0.15) is 18.2 Å². The number of carbonyl (C=O) groups is 1. The van der Waals surface area contributed by atoms with Gasteiger partial charge in [-0.3, -0.25) is 4.79 Å². The van der Waals surface area contributed by atoms with E-state index >= 15 is 0 Å². The smallest absolute Gasteiger partial charge is 0.396 e. The fourth-order valence-corrected chi connectivity index (χ4v) is 5.59. The number of hydrogen-bond acceptors (Lipinski definition) is 6. The lowest BCUT2D eigenvalue weighted by molar-refractivity contribution is -0.130. The molecule has 2 aromatic rings. The van der Waals surface area contributed by atoms with Gasteiger partial charge < -0.3 is 24.1 Å². The van der Waals surface area contributed by atoms with Crippen LogP contribution in [0.3, 0.4) is 0 Å². The maximum absolute atomic E-state index is 14.6. The highest BCUT2D eigenvalue weighted by atomic mass is 19.4. The number of hydrogen-bond donors (Lipinski definition) is 1. The number of rotatable bonds is 6. The van der Waals surface area contributed by atoms with Crippen LogP contribution in [0, 0.1) is 23.6 Å². The first-order valence-electron chi connectivity index (χ1n) is 11.9. The van der Waals surface area contributed by atoms with Crippen LogP contribution >= 0.6 is 0 Å². The molecule has 7 nitrogen and oxygen atoms in total. The number of nitrogens with zero attached hydrogens (tertiary/aromatic N) is 2. The van der Waals surface area contributed by atoms with Crippen LogP contribution in [0.1, 0.15) is 41.9 Å². The molecule has 1 amide bonds. The first-order valence-corrected chi connectivity index (χ1v) is 11.9. The van der Waals surface area contributed by atoms with Gasteiger partial charge >= 0.3 is 6.18 Å². The Kier molecular flexibility index (Phi) is 5.43. The second kappa shape index (κ2) is 8.39. The van der Waals surface area contributed by atoms with Crippen LogP contribution < -0.4 is 15.0 Å². The number of nitrogens with one attached hydrogen (secondary N) is 1.